The second-order valence-corrected chi connectivity index (χ2v) is 6.47. The monoisotopic (exact) mass is 360 g/mol. The first-order valence-corrected chi connectivity index (χ1v) is 9.22. The maximum Gasteiger partial charge on any atom is 0.254 e. The zero-order valence-corrected chi connectivity index (χ0v) is 15.3. The van der Waals surface area contributed by atoms with Gasteiger partial charge in [0.05, 0.1) is 0 Å². The molecule has 1 aromatic rings. The van der Waals surface area contributed by atoms with Crippen molar-refractivity contribution in [2.75, 3.05) is 25.0 Å². The number of hydrogen-bond acceptors (Lipinski definition) is 4. The number of likely N-dealkylation sites (tertiary alicyclic amines) is 1. The molecule has 1 unspecified atom stereocenters. The van der Waals surface area contributed by atoms with Crippen molar-refractivity contribution >= 4 is 23.4 Å². The maximum atomic E-state index is 13.0. The molecule has 26 heavy (non-hydrogen) atoms. The normalized spacial score (nSPS) is 16.8. The van der Waals surface area contributed by atoms with Gasteiger partial charge in [-0.2, -0.15) is 0 Å². The average Bonchev–Trinajstić information content (AvgIpc) is 2.66. The van der Waals surface area contributed by atoms with Gasteiger partial charge in [0, 0.05) is 49.8 Å². The van der Waals surface area contributed by atoms with Crippen molar-refractivity contribution < 1.29 is 14.4 Å². The number of rotatable bonds is 7. The van der Waals surface area contributed by atoms with Gasteiger partial charge < -0.3 is 21.3 Å². The van der Waals surface area contributed by atoms with Crippen molar-refractivity contribution in [1.29, 1.82) is 0 Å². The summed E-state index contributed by atoms with van der Waals surface area (Å²) >= 11 is 0. The van der Waals surface area contributed by atoms with E-state index in [0.717, 1.165) is 19.3 Å². The number of anilines is 1. The third kappa shape index (κ3) is 5.56. The summed E-state index contributed by atoms with van der Waals surface area (Å²) in [6.07, 6.45) is 3.52. The highest BCUT2D eigenvalue weighted by molar-refractivity contribution is 5.97. The minimum atomic E-state index is -0.0898. The molecule has 142 valence electrons. The Morgan fingerprint density at radius 3 is 2.77 bits per heavy atom. The van der Waals surface area contributed by atoms with E-state index in [1.54, 1.807) is 31.2 Å². The van der Waals surface area contributed by atoms with Gasteiger partial charge in [-0.1, -0.05) is 13.0 Å². The Hall–Kier alpha value is -2.41. The summed E-state index contributed by atoms with van der Waals surface area (Å²) in [5.74, 6) is -0.252. The predicted molar refractivity (Wildman–Crippen MR) is 101 cm³/mol. The molecule has 4 N–H and O–H groups in total. The van der Waals surface area contributed by atoms with E-state index in [1.807, 2.05) is 4.90 Å². The van der Waals surface area contributed by atoms with E-state index in [4.69, 9.17) is 5.73 Å². The SMILES string of the molecule is CCC(=O)Nc1cccc(C(=O)N2CCCCC2CNC(=O)CCN)c1. The number of piperidine rings is 1. The standard InChI is InChI=1S/C19H28N4O3/c1-2-17(24)22-15-7-5-6-14(12-15)19(26)23-11-4-3-8-16(23)13-21-18(25)9-10-20/h5-7,12,16H,2-4,8-11,13,20H2,1H3,(H,21,25)(H,22,24). The first kappa shape index (κ1) is 19.9. The highest BCUT2D eigenvalue weighted by Crippen LogP contribution is 2.21. The van der Waals surface area contributed by atoms with Crippen LogP contribution in [0.15, 0.2) is 24.3 Å². The van der Waals surface area contributed by atoms with E-state index in [-0.39, 0.29) is 23.8 Å². The van der Waals surface area contributed by atoms with Crippen LogP contribution >= 0.6 is 0 Å². The van der Waals surface area contributed by atoms with Crippen LogP contribution in [0.5, 0.6) is 0 Å². The van der Waals surface area contributed by atoms with E-state index in [0.29, 0.717) is 43.7 Å². The number of nitrogens with zero attached hydrogens (tertiary/aromatic N) is 1. The summed E-state index contributed by atoms with van der Waals surface area (Å²) in [6.45, 7) is 3.20. The molecular weight excluding hydrogens is 332 g/mol. The van der Waals surface area contributed by atoms with Gasteiger partial charge in [0.1, 0.15) is 0 Å². The minimum absolute atomic E-state index is 0.0214. The molecule has 1 aliphatic heterocycles. The number of carbonyl (C=O) groups excluding carboxylic acids is 3. The van der Waals surface area contributed by atoms with Gasteiger partial charge in [0.2, 0.25) is 11.8 Å². The summed E-state index contributed by atoms with van der Waals surface area (Å²) in [4.78, 5) is 38.0. The molecule has 0 bridgehead atoms. The van der Waals surface area contributed by atoms with Gasteiger partial charge in [0.15, 0.2) is 0 Å². The first-order chi connectivity index (χ1) is 12.5. The van der Waals surface area contributed by atoms with Crippen LogP contribution in [0.4, 0.5) is 5.69 Å². The molecule has 0 aliphatic carbocycles. The van der Waals surface area contributed by atoms with E-state index < -0.39 is 0 Å². The topological polar surface area (TPSA) is 105 Å². The second-order valence-electron chi connectivity index (χ2n) is 6.47. The average molecular weight is 360 g/mol. The van der Waals surface area contributed by atoms with Crippen LogP contribution in [-0.2, 0) is 9.59 Å². The zero-order valence-electron chi connectivity index (χ0n) is 15.3. The Morgan fingerprint density at radius 2 is 2.04 bits per heavy atom. The number of benzene rings is 1. The quantitative estimate of drug-likeness (QED) is 0.685. The van der Waals surface area contributed by atoms with Crippen LogP contribution < -0.4 is 16.4 Å². The Balaban J connectivity index is 2.06. The Kier molecular flexibility index (Phi) is 7.59. The lowest BCUT2D eigenvalue weighted by atomic mass is 10.0. The summed E-state index contributed by atoms with van der Waals surface area (Å²) in [5.41, 5.74) is 6.55. The Labute approximate surface area is 154 Å². The fourth-order valence-electron chi connectivity index (χ4n) is 3.08. The minimum Gasteiger partial charge on any atom is -0.354 e. The smallest absolute Gasteiger partial charge is 0.254 e. The van der Waals surface area contributed by atoms with Crippen LogP contribution in [0.3, 0.4) is 0 Å². The van der Waals surface area contributed by atoms with Crippen LogP contribution in [0.1, 0.15) is 49.4 Å². The predicted octanol–water partition coefficient (Wildman–Crippen LogP) is 1.49. The molecule has 7 nitrogen and oxygen atoms in total. The molecule has 1 aliphatic rings. The number of nitrogens with one attached hydrogen (secondary N) is 2. The fourth-order valence-corrected chi connectivity index (χ4v) is 3.08. The van der Waals surface area contributed by atoms with Gasteiger partial charge in [-0.25, -0.2) is 0 Å². The highest BCUT2D eigenvalue weighted by atomic mass is 16.2. The third-order valence-corrected chi connectivity index (χ3v) is 4.51. The summed E-state index contributed by atoms with van der Waals surface area (Å²) in [7, 11) is 0. The van der Waals surface area contributed by atoms with Crippen LogP contribution in [0, 0.1) is 0 Å². The second kappa shape index (κ2) is 9.91. The highest BCUT2D eigenvalue weighted by Gasteiger charge is 2.27. The van der Waals surface area contributed by atoms with Gasteiger partial charge in [0.25, 0.3) is 5.91 Å². The number of carbonyl (C=O) groups is 3. The Morgan fingerprint density at radius 1 is 1.23 bits per heavy atom. The van der Waals surface area contributed by atoms with Crippen molar-refractivity contribution in [3.63, 3.8) is 0 Å². The van der Waals surface area contributed by atoms with Crippen LogP contribution in [0.2, 0.25) is 0 Å². The molecule has 7 heteroatoms. The van der Waals surface area contributed by atoms with Gasteiger partial charge in [-0.15, -0.1) is 0 Å². The van der Waals surface area contributed by atoms with Crippen LogP contribution in [-0.4, -0.2) is 48.3 Å². The van der Waals surface area contributed by atoms with Crippen molar-refractivity contribution in [3.8, 4) is 0 Å². The van der Waals surface area contributed by atoms with Gasteiger partial charge >= 0.3 is 0 Å². The maximum absolute atomic E-state index is 13.0. The molecule has 1 fully saturated rings. The zero-order chi connectivity index (χ0) is 18.9. The van der Waals surface area contributed by atoms with E-state index in [9.17, 15) is 14.4 Å². The molecule has 2 rings (SSSR count). The van der Waals surface area contributed by atoms with Crippen molar-refractivity contribution in [1.82, 2.24) is 10.2 Å². The molecule has 0 aromatic heterocycles. The number of hydrogen-bond donors (Lipinski definition) is 3. The molecule has 0 radical (unpaired) electrons. The van der Waals surface area contributed by atoms with E-state index >= 15 is 0 Å². The van der Waals surface area contributed by atoms with Gasteiger partial charge in [-0.05, 0) is 37.5 Å². The molecule has 1 aromatic carbocycles. The van der Waals surface area contributed by atoms with E-state index in [1.165, 1.54) is 0 Å². The molecule has 1 saturated heterocycles. The van der Waals surface area contributed by atoms with Crippen molar-refractivity contribution in [3.05, 3.63) is 29.8 Å². The molecule has 3 amide bonds. The first-order valence-electron chi connectivity index (χ1n) is 9.22. The van der Waals surface area contributed by atoms with Crippen molar-refractivity contribution in [2.45, 2.75) is 45.1 Å². The number of nitrogens with two attached hydrogens (primary N) is 1. The van der Waals surface area contributed by atoms with Crippen LogP contribution in [0.25, 0.3) is 0 Å². The summed E-state index contributed by atoms with van der Waals surface area (Å²) < 4.78 is 0. The molecular formula is C19H28N4O3. The molecule has 1 heterocycles. The molecule has 0 saturated carbocycles. The summed E-state index contributed by atoms with van der Waals surface area (Å²) in [5, 5.41) is 5.64. The molecule has 1 atom stereocenters. The lowest BCUT2D eigenvalue weighted by Crippen LogP contribution is -2.49. The van der Waals surface area contributed by atoms with Crippen molar-refractivity contribution in [2.24, 2.45) is 5.73 Å². The lowest BCUT2D eigenvalue weighted by molar-refractivity contribution is -0.121. The summed E-state index contributed by atoms with van der Waals surface area (Å²) in [6, 6.07) is 6.97. The third-order valence-electron chi connectivity index (χ3n) is 4.51. The molecule has 0 spiro atoms. The lowest BCUT2D eigenvalue weighted by Gasteiger charge is -2.36. The Bertz CT molecular complexity index is 647. The van der Waals surface area contributed by atoms with E-state index in [2.05, 4.69) is 10.6 Å². The van der Waals surface area contributed by atoms with Gasteiger partial charge in [-0.3, -0.25) is 14.4 Å². The number of amides is 3. The largest absolute Gasteiger partial charge is 0.354 e. The fraction of sp³-hybridized carbons (Fsp3) is 0.526.